The highest BCUT2D eigenvalue weighted by Gasteiger charge is 2.18. The van der Waals surface area contributed by atoms with E-state index in [2.05, 4.69) is 26.1 Å². The predicted molar refractivity (Wildman–Crippen MR) is 65.6 cm³/mol. The maximum atomic E-state index is 11.2. The number of amides is 1. The highest BCUT2D eigenvalue weighted by molar-refractivity contribution is 5.92. The van der Waals surface area contributed by atoms with Crippen LogP contribution in [0.3, 0.4) is 0 Å². The van der Waals surface area contributed by atoms with Crippen molar-refractivity contribution in [3.63, 3.8) is 0 Å². The lowest BCUT2D eigenvalue weighted by atomic mass is 9.85. The van der Waals surface area contributed by atoms with Gasteiger partial charge in [-0.05, 0) is 29.5 Å². The summed E-state index contributed by atoms with van der Waals surface area (Å²) in [7, 11) is 0. The molecule has 1 amide bonds. The van der Waals surface area contributed by atoms with E-state index in [-0.39, 0.29) is 11.3 Å². The van der Waals surface area contributed by atoms with Crippen molar-refractivity contribution in [3.8, 4) is 0 Å². The van der Waals surface area contributed by atoms with Gasteiger partial charge in [-0.15, -0.1) is 0 Å². The van der Waals surface area contributed by atoms with Crippen LogP contribution in [0.1, 0.15) is 31.9 Å². The van der Waals surface area contributed by atoms with Gasteiger partial charge in [0.2, 0.25) is 5.91 Å². The van der Waals surface area contributed by atoms with E-state index in [9.17, 15) is 4.79 Å². The first-order valence-corrected chi connectivity index (χ1v) is 5.36. The fourth-order valence-electron chi connectivity index (χ4n) is 1.61. The maximum Gasteiger partial charge on any atom is 0.250 e. The van der Waals surface area contributed by atoms with E-state index in [1.807, 2.05) is 25.1 Å². The Morgan fingerprint density at radius 1 is 1.38 bits per heavy atom. The Morgan fingerprint density at radius 2 is 2.00 bits per heavy atom. The second-order valence-corrected chi connectivity index (χ2v) is 5.01. The molecule has 0 radical (unpaired) electrons. The summed E-state index contributed by atoms with van der Waals surface area (Å²) in [6.07, 6.45) is 0. The van der Waals surface area contributed by atoms with Gasteiger partial charge >= 0.3 is 0 Å². The first-order valence-electron chi connectivity index (χ1n) is 5.36. The summed E-state index contributed by atoms with van der Waals surface area (Å²) in [6.45, 7) is 7.75. The molecule has 3 nitrogen and oxygen atoms in total. The van der Waals surface area contributed by atoms with Crippen LogP contribution in [0.25, 0.3) is 0 Å². The number of aliphatic hydroxyl groups is 1. The highest BCUT2D eigenvalue weighted by atomic mass is 16.3. The van der Waals surface area contributed by atoms with Crippen LogP contribution in [0, 0.1) is 6.92 Å². The normalized spacial score (nSPS) is 11.3. The Bertz CT molecular complexity index is 391. The summed E-state index contributed by atoms with van der Waals surface area (Å²) in [4.78, 5) is 11.2. The van der Waals surface area contributed by atoms with E-state index in [0.29, 0.717) is 0 Å². The third kappa shape index (κ3) is 3.07. The number of hydrogen-bond donors (Lipinski definition) is 2. The molecule has 0 atom stereocenters. The van der Waals surface area contributed by atoms with Gasteiger partial charge in [0.15, 0.2) is 0 Å². The second kappa shape index (κ2) is 4.66. The molecule has 0 aliphatic carbocycles. The molecular formula is C13H19NO2. The summed E-state index contributed by atoms with van der Waals surface area (Å²) in [6, 6.07) is 5.96. The largest absolute Gasteiger partial charge is 0.387 e. The lowest BCUT2D eigenvalue weighted by Gasteiger charge is -2.23. The van der Waals surface area contributed by atoms with Crippen LogP contribution in [-0.2, 0) is 10.2 Å². The van der Waals surface area contributed by atoms with E-state index >= 15 is 0 Å². The lowest BCUT2D eigenvalue weighted by Crippen LogP contribution is -2.20. The minimum Gasteiger partial charge on any atom is -0.387 e. The molecule has 0 fully saturated rings. The molecule has 88 valence electrons. The summed E-state index contributed by atoms with van der Waals surface area (Å²) in [5, 5.41) is 11.5. The highest BCUT2D eigenvalue weighted by Crippen LogP contribution is 2.30. The zero-order chi connectivity index (χ0) is 12.3. The number of anilines is 1. The van der Waals surface area contributed by atoms with Gasteiger partial charge in [0, 0.05) is 5.69 Å². The smallest absolute Gasteiger partial charge is 0.250 e. The molecule has 3 heteroatoms. The van der Waals surface area contributed by atoms with Crippen molar-refractivity contribution < 1.29 is 9.90 Å². The minimum absolute atomic E-state index is 0.0359. The molecule has 2 N–H and O–H groups in total. The van der Waals surface area contributed by atoms with Gasteiger partial charge in [-0.2, -0.15) is 0 Å². The van der Waals surface area contributed by atoms with Crippen LogP contribution in [0.2, 0.25) is 0 Å². The Hall–Kier alpha value is -1.35. The number of aryl methyl sites for hydroxylation is 1. The van der Waals surface area contributed by atoms with Crippen LogP contribution in [0.5, 0.6) is 0 Å². The summed E-state index contributed by atoms with van der Waals surface area (Å²) in [5.74, 6) is -0.379. The van der Waals surface area contributed by atoms with Crippen LogP contribution >= 0.6 is 0 Å². The van der Waals surface area contributed by atoms with Gasteiger partial charge in [-0.25, -0.2) is 0 Å². The number of nitrogens with one attached hydrogen (secondary N) is 1. The van der Waals surface area contributed by atoms with Crippen molar-refractivity contribution in [1.82, 2.24) is 0 Å². The van der Waals surface area contributed by atoms with E-state index in [1.165, 1.54) is 0 Å². The fraction of sp³-hybridized carbons (Fsp3) is 0.462. The van der Waals surface area contributed by atoms with Gasteiger partial charge < -0.3 is 10.4 Å². The average Bonchev–Trinajstić information content (AvgIpc) is 2.15. The van der Waals surface area contributed by atoms with Crippen molar-refractivity contribution in [2.45, 2.75) is 33.1 Å². The quantitative estimate of drug-likeness (QED) is 0.804. The van der Waals surface area contributed by atoms with Crippen molar-refractivity contribution >= 4 is 11.6 Å². The molecule has 0 spiro atoms. The maximum absolute atomic E-state index is 11.2. The molecule has 16 heavy (non-hydrogen) atoms. The number of carbonyl (C=O) groups is 1. The number of aliphatic hydroxyl groups excluding tert-OH is 1. The Morgan fingerprint density at radius 3 is 2.50 bits per heavy atom. The van der Waals surface area contributed by atoms with Crippen molar-refractivity contribution in [2.24, 2.45) is 0 Å². The van der Waals surface area contributed by atoms with Crippen molar-refractivity contribution in [2.75, 3.05) is 11.9 Å². The van der Waals surface area contributed by atoms with E-state index in [0.717, 1.165) is 16.8 Å². The molecule has 0 saturated carbocycles. The third-order valence-electron chi connectivity index (χ3n) is 2.40. The van der Waals surface area contributed by atoms with Gasteiger partial charge in [-0.3, -0.25) is 4.79 Å². The standard InChI is InChI=1S/C13H19NO2/c1-9-5-6-10(13(2,3)4)11(7-9)14-12(16)8-15/h5-7,15H,8H2,1-4H3,(H,14,16). The zero-order valence-electron chi connectivity index (χ0n) is 10.3. The van der Waals surface area contributed by atoms with E-state index < -0.39 is 6.61 Å². The molecule has 0 unspecified atom stereocenters. The van der Waals surface area contributed by atoms with Crippen molar-refractivity contribution in [1.29, 1.82) is 0 Å². The summed E-state index contributed by atoms with van der Waals surface area (Å²) < 4.78 is 0. The molecule has 1 aromatic carbocycles. The number of rotatable bonds is 2. The average molecular weight is 221 g/mol. The van der Waals surface area contributed by atoms with Crippen LogP contribution < -0.4 is 5.32 Å². The second-order valence-electron chi connectivity index (χ2n) is 5.01. The summed E-state index contributed by atoms with van der Waals surface area (Å²) in [5.41, 5.74) is 2.90. The van der Waals surface area contributed by atoms with Gasteiger partial charge in [0.05, 0.1) is 0 Å². The third-order valence-corrected chi connectivity index (χ3v) is 2.40. The Labute approximate surface area is 96.5 Å². The topological polar surface area (TPSA) is 49.3 Å². The Kier molecular flexibility index (Phi) is 3.70. The monoisotopic (exact) mass is 221 g/mol. The predicted octanol–water partition coefficient (Wildman–Crippen LogP) is 2.22. The molecule has 0 bridgehead atoms. The number of carbonyl (C=O) groups excluding carboxylic acids is 1. The molecule has 0 aliphatic heterocycles. The summed E-state index contributed by atoms with van der Waals surface area (Å²) >= 11 is 0. The van der Waals surface area contributed by atoms with Crippen LogP contribution in [0.4, 0.5) is 5.69 Å². The lowest BCUT2D eigenvalue weighted by molar-refractivity contribution is -0.118. The molecule has 1 rings (SSSR count). The van der Waals surface area contributed by atoms with Gasteiger partial charge in [0.1, 0.15) is 6.61 Å². The van der Waals surface area contributed by atoms with E-state index in [4.69, 9.17) is 5.11 Å². The minimum atomic E-state index is -0.489. The molecule has 0 aliphatic rings. The molecule has 0 aromatic heterocycles. The molecular weight excluding hydrogens is 202 g/mol. The van der Waals surface area contributed by atoms with Gasteiger partial charge in [-0.1, -0.05) is 32.9 Å². The molecule has 1 aromatic rings. The molecule has 0 heterocycles. The van der Waals surface area contributed by atoms with Crippen molar-refractivity contribution in [3.05, 3.63) is 29.3 Å². The zero-order valence-corrected chi connectivity index (χ0v) is 10.3. The first-order chi connectivity index (χ1) is 7.34. The SMILES string of the molecule is Cc1ccc(C(C)(C)C)c(NC(=O)CO)c1. The Balaban J connectivity index is 3.13. The molecule has 0 saturated heterocycles. The fourth-order valence-corrected chi connectivity index (χ4v) is 1.61. The first kappa shape index (κ1) is 12.7. The van der Waals surface area contributed by atoms with Crippen LogP contribution in [-0.4, -0.2) is 17.6 Å². The number of benzene rings is 1. The number of hydrogen-bond acceptors (Lipinski definition) is 2. The van der Waals surface area contributed by atoms with E-state index in [1.54, 1.807) is 0 Å². The van der Waals surface area contributed by atoms with Gasteiger partial charge in [0.25, 0.3) is 0 Å². The van der Waals surface area contributed by atoms with Crippen LogP contribution in [0.15, 0.2) is 18.2 Å².